The van der Waals surface area contributed by atoms with E-state index in [9.17, 15) is 5.11 Å². The fraction of sp³-hybridized carbons (Fsp3) is 0.571. The van der Waals surface area contributed by atoms with Gasteiger partial charge in [0.05, 0.1) is 16.7 Å². The van der Waals surface area contributed by atoms with Crippen LogP contribution in [0.1, 0.15) is 38.8 Å². The average Bonchev–Trinajstić information content (AvgIpc) is 2.31. The molecule has 0 spiro atoms. The van der Waals surface area contributed by atoms with Crippen LogP contribution in [0.5, 0.6) is 0 Å². The second kappa shape index (κ2) is 7.34. The number of nitrogens with one attached hydrogen (secondary N) is 1. The largest absolute Gasteiger partial charge is 0.395 e. The first kappa shape index (κ1) is 15.8. The SMILES string of the molecule is CC(C)CC(CO)NC(C)c1ccc(Cl)c(Cl)c1. The van der Waals surface area contributed by atoms with Crippen molar-refractivity contribution in [2.75, 3.05) is 6.61 Å². The maximum Gasteiger partial charge on any atom is 0.0595 e. The van der Waals surface area contributed by atoms with Crippen LogP contribution >= 0.6 is 23.2 Å². The number of aliphatic hydroxyl groups is 1. The lowest BCUT2D eigenvalue weighted by Crippen LogP contribution is -2.35. The van der Waals surface area contributed by atoms with Crippen LogP contribution in [0.15, 0.2) is 18.2 Å². The van der Waals surface area contributed by atoms with E-state index in [4.69, 9.17) is 23.2 Å². The van der Waals surface area contributed by atoms with E-state index in [0.29, 0.717) is 16.0 Å². The van der Waals surface area contributed by atoms with E-state index >= 15 is 0 Å². The van der Waals surface area contributed by atoms with Crippen molar-refractivity contribution < 1.29 is 5.11 Å². The summed E-state index contributed by atoms with van der Waals surface area (Å²) in [5.41, 5.74) is 1.08. The summed E-state index contributed by atoms with van der Waals surface area (Å²) in [5.74, 6) is 0.552. The van der Waals surface area contributed by atoms with E-state index in [1.165, 1.54) is 0 Å². The van der Waals surface area contributed by atoms with E-state index in [0.717, 1.165) is 12.0 Å². The van der Waals surface area contributed by atoms with Crippen molar-refractivity contribution in [1.82, 2.24) is 5.32 Å². The highest BCUT2D eigenvalue weighted by atomic mass is 35.5. The molecule has 2 nitrogen and oxygen atoms in total. The van der Waals surface area contributed by atoms with E-state index in [1.54, 1.807) is 6.07 Å². The Kier molecular flexibility index (Phi) is 6.44. The summed E-state index contributed by atoms with van der Waals surface area (Å²) >= 11 is 11.9. The normalized spacial score (nSPS) is 14.8. The molecule has 1 aromatic rings. The summed E-state index contributed by atoms with van der Waals surface area (Å²) in [6.45, 7) is 6.49. The summed E-state index contributed by atoms with van der Waals surface area (Å²) in [5, 5.41) is 13.9. The third-order valence-corrected chi connectivity index (χ3v) is 3.64. The fourth-order valence-electron chi connectivity index (χ4n) is 2.00. The molecule has 2 atom stereocenters. The van der Waals surface area contributed by atoms with Gasteiger partial charge < -0.3 is 10.4 Å². The molecule has 0 bridgehead atoms. The maximum atomic E-state index is 9.36. The summed E-state index contributed by atoms with van der Waals surface area (Å²) < 4.78 is 0. The lowest BCUT2D eigenvalue weighted by atomic mass is 10.0. The Morgan fingerprint density at radius 3 is 2.33 bits per heavy atom. The molecule has 0 aromatic heterocycles. The van der Waals surface area contributed by atoms with Crippen molar-refractivity contribution in [3.05, 3.63) is 33.8 Å². The first-order valence-corrected chi connectivity index (χ1v) is 7.01. The number of halogens is 2. The van der Waals surface area contributed by atoms with Gasteiger partial charge in [-0.2, -0.15) is 0 Å². The van der Waals surface area contributed by atoms with Crippen LogP contribution in [0.3, 0.4) is 0 Å². The Bertz CT molecular complexity index is 382. The van der Waals surface area contributed by atoms with Crippen LogP contribution in [-0.2, 0) is 0 Å². The van der Waals surface area contributed by atoms with Crippen molar-refractivity contribution in [2.45, 2.75) is 39.3 Å². The molecular weight excluding hydrogens is 269 g/mol. The van der Waals surface area contributed by atoms with E-state index < -0.39 is 0 Å². The van der Waals surface area contributed by atoms with Gasteiger partial charge in [0.2, 0.25) is 0 Å². The van der Waals surface area contributed by atoms with Gasteiger partial charge in [-0.25, -0.2) is 0 Å². The topological polar surface area (TPSA) is 32.3 Å². The molecule has 0 radical (unpaired) electrons. The first-order chi connectivity index (χ1) is 8.43. The van der Waals surface area contributed by atoms with Gasteiger partial charge in [0.1, 0.15) is 0 Å². The van der Waals surface area contributed by atoms with Gasteiger partial charge in [-0.3, -0.25) is 0 Å². The van der Waals surface area contributed by atoms with Crippen molar-refractivity contribution in [3.63, 3.8) is 0 Å². The molecule has 2 unspecified atom stereocenters. The second-order valence-corrected chi connectivity index (χ2v) is 5.89. The average molecular weight is 290 g/mol. The molecule has 0 aliphatic rings. The summed E-state index contributed by atoms with van der Waals surface area (Å²) in [6.07, 6.45) is 0.947. The molecule has 0 aliphatic carbocycles. The summed E-state index contributed by atoms with van der Waals surface area (Å²) in [7, 11) is 0. The molecule has 1 rings (SSSR count). The van der Waals surface area contributed by atoms with Gasteiger partial charge in [0, 0.05) is 12.1 Å². The smallest absolute Gasteiger partial charge is 0.0595 e. The van der Waals surface area contributed by atoms with Crippen LogP contribution in [0.25, 0.3) is 0 Å². The first-order valence-electron chi connectivity index (χ1n) is 6.26. The molecule has 0 amide bonds. The van der Waals surface area contributed by atoms with Crippen LogP contribution in [0.2, 0.25) is 10.0 Å². The monoisotopic (exact) mass is 289 g/mol. The molecule has 0 aliphatic heterocycles. The Morgan fingerprint density at radius 1 is 1.17 bits per heavy atom. The highest BCUT2D eigenvalue weighted by Crippen LogP contribution is 2.26. The lowest BCUT2D eigenvalue weighted by Gasteiger charge is -2.23. The van der Waals surface area contributed by atoms with Crippen molar-refractivity contribution in [2.24, 2.45) is 5.92 Å². The van der Waals surface area contributed by atoms with Gasteiger partial charge in [0.15, 0.2) is 0 Å². The molecular formula is C14H21Cl2NO. The Balaban J connectivity index is 2.68. The lowest BCUT2D eigenvalue weighted by molar-refractivity contribution is 0.215. The Labute approximate surface area is 119 Å². The molecule has 2 N–H and O–H groups in total. The zero-order chi connectivity index (χ0) is 13.7. The van der Waals surface area contributed by atoms with E-state index in [2.05, 4.69) is 26.1 Å². The predicted octanol–water partition coefficient (Wildman–Crippen LogP) is 4.05. The van der Waals surface area contributed by atoms with Crippen molar-refractivity contribution in [3.8, 4) is 0 Å². The number of hydrogen-bond donors (Lipinski definition) is 2. The highest BCUT2D eigenvalue weighted by molar-refractivity contribution is 6.42. The van der Waals surface area contributed by atoms with E-state index in [-0.39, 0.29) is 18.7 Å². The minimum atomic E-state index is 0.106. The quantitative estimate of drug-likeness (QED) is 0.828. The molecule has 18 heavy (non-hydrogen) atoms. The molecule has 4 heteroatoms. The summed E-state index contributed by atoms with van der Waals surface area (Å²) in [6, 6.07) is 5.86. The third-order valence-electron chi connectivity index (χ3n) is 2.91. The predicted molar refractivity (Wildman–Crippen MR) is 78.3 cm³/mol. The number of rotatable bonds is 6. The zero-order valence-electron chi connectivity index (χ0n) is 11.1. The van der Waals surface area contributed by atoms with E-state index in [1.807, 2.05) is 12.1 Å². The standard InChI is InChI=1S/C14H21Cl2NO/c1-9(2)6-12(8-18)17-10(3)11-4-5-13(15)14(16)7-11/h4-5,7,9-10,12,17-18H,6,8H2,1-3H3. The van der Waals surface area contributed by atoms with Crippen LogP contribution in [0.4, 0.5) is 0 Å². The third kappa shape index (κ3) is 4.77. The fourth-order valence-corrected chi connectivity index (χ4v) is 2.30. The van der Waals surface area contributed by atoms with Crippen LogP contribution in [0, 0.1) is 5.92 Å². The van der Waals surface area contributed by atoms with Gasteiger partial charge in [0.25, 0.3) is 0 Å². The molecule has 1 aromatic carbocycles. The molecule has 0 heterocycles. The number of aliphatic hydroxyl groups excluding tert-OH is 1. The highest BCUT2D eigenvalue weighted by Gasteiger charge is 2.14. The van der Waals surface area contributed by atoms with Crippen molar-refractivity contribution >= 4 is 23.2 Å². The van der Waals surface area contributed by atoms with Gasteiger partial charge >= 0.3 is 0 Å². The summed E-state index contributed by atoms with van der Waals surface area (Å²) in [4.78, 5) is 0. The molecule has 0 fully saturated rings. The van der Waals surface area contributed by atoms with Crippen LogP contribution < -0.4 is 5.32 Å². The molecule has 102 valence electrons. The van der Waals surface area contributed by atoms with Gasteiger partial charge in [-0.1, -0.05) is 43.1 Å². The minimum absolute atomic E-state index is 0.106. The zero-order valence-corrected chi connectivity index (χ0v) is 12.6. The van der Waals surface area contributed by atoms with Gasteiger partial charge in [-0.15, -0.1) is 0 Å². The second-order valence-electron chi connectivity index (χ2n) is 5.07. The molecule has 0 saturated carbocycles. The van der Waals surface area contributed by atoms with Gasteiger partial charge in [-0.05, 0) is 37.0 Å². The number of hydrogen-bond acceptors (Lipinski definition) is 2. The Hall–Kier alpha value is -0.280. The van der Waals surface area contributed by atoms with Crippen molar-refractivity contribution in [1.29, 1.82) is 0 Å². The molecule has 0 saturated heterocycles. The minimum Gasteiger partial charge on any atom is -0.395 e. The number of benzene rings is 1. The Morgan fingerprint density at radius 2 is 1.83 bits per heavy atom. The van der Waals surface area contributed by atoms with Crippen LogP contribution in [-0.4, -0.2) is 17.8 Å². The maximum absolute atomic E-state index is 9.36.